The van der Waals surface area contributed by atoms with E-state index in [1.54, 1.807) is 6.33 Å². The summed E-state index contributed by atoms with van der Waals surface area (Å²) in [5.41, 5.74) is 2.07. The Kier molecular flexibility index (Phi) is 2.09. The highest BCUT2D eigenvalue weighted by atomic mass is 19.3. The highest BCUT2D eigenvalue weighted by Crippen LogP contribution is 2.43. The van der Waals surface area contributed by atoms with Crippen LogP contribution in [-0.4, -0.2) is 15.5 Å². The second kappa shape index (κ2) is 3.04. The van der Waals surface area contributed by atoms with Crippen LogP contribution in [0.15, 0.2) is 6.33 Å². The van der Waals surface area contributed by atoms with E-state index in [4.69, 9.17) is 0 Å². The Balaban J connectivity index is 1.97. The maximum absolute atomic E-state index is 12.6. The molecule has 14 heavy (non-hydrogen) atoms. The Morgan fingerprint density at radius 1 is 1.50 bits per heavy atom. The first-order valence-corrected chi connectivity index (χ1v) is 4.84. The maximum atomic E-state index is 12.6. The van der Waals surface area contributed by atoms with Crippen molar-refractivity contribution in [3.63, 3.8) is 0 Å². The molecule has 1 aromatic heterocycles. The lowest BCUT2D eigenvalue weighted by Crippen LogP contribution is -2.37. The Labute approximate surface area is 82.0 Å². The Bertz CT molecular complexity index is 336. The fourth-order valence-electron chi connectivity index (χ4n) is 1.92. The summed E-state index contributed by atoms with van der Waals surface area (Å²) < 4.78 is 27.1. The molecule has 0 saturated heterocycles. The molecule has 0 aliphatic heterocycles. The molecule has 1 heterocycles. The summed E-state index contributed by atoms with van der Waals surface area (Å²) in [6.45, 7) is 4.59. The number of hydrogen-bond acceptors (Lipinski definition) is 1. The molecule has 0 bridgehead atoms. The SMILES string of the molecule is Cc1ncn(CC2CC(F)(F)C2)c1C. The van der Waals surface area contributed by atoms with Gasteiger partial charge < -0.3 is 4.57 Å². The van der Waals surface area contributed by atoms with Crippen molar-refractivity contribution in [1.29, 1.82) is 0 Å². The number of rotatable bonds is 2. The van der Waals surface area contributed by atoms with Gasteiger partial charge in [-0.25, -0.2) is 13.8 Å². The molecular weight excluding hydrogens is 186 g/mol. The van der Waals surface area contributed by atoms with Crippen LogP contribution in [-0.2, 0) is 6.54 Å². The number of hydrogen-bond donors (Lipinski definition) is 0. The number of alkyl halides is 2. The summed E-state index contributed by atoms with van der Waals surface area (Å²) in [5, 5.41) is 0. The number of halogens is 2. The summed E-state index contributed by atoms with van der Waals surface area (Å²) in [7, 11) is 0. The summed E-state index contributed by atoms with van der Waals surface area (Å²) >= 11 is 0. The molecule has 0 atom stereocenters. The van der Waals surface area contributed by atoms with Gasteiger partial charge in [0.15, 0.2) is 0 Å². The number of aromatic nitrogens is 2. The van der Waals surface area contributed by atoms with Crippen molar-refractivity contribution in [3.8, 4) is 0 Å². The van der Waals surface area contributed by atoms with Crippen molar-refractivity contribution in [1.82, 2.24) is 9.55 Å². The van der Waals surface area contributed by atoms with Crippen LogP contribution < -0.4 is 0 Å². The van der Waals surface area contributed by atoms with Gasteiger partial charge in [0.05, 0.1) is 12.0 Å². The highest BCUT2D eigenvalue weighted by molar-refractivity contribution is 5.08. The zero-order valence-corrected chi connectivity index (χ0v) is 8.43. The molecule has 1 fully saturated rings. The van der Waals surface area contributed by atoms with Gasteiger partial charge in [-0.3, -0.25) is 0 Å². The lowest BCUT2D eigenvalue weighted by atomic mass is 9.81. The van der Waals surface area contributed by atoms with Crippen molar-refractivity contribution < 1.29 is 8.78 Å². The van der Waals surface area contributed by atoms with E-state index in [-0.39, 0.29) is 18.8 Å². The predicted molar refractivity (Wildman–Crippen MR) is 49.4 cm³/mol. The number of aryl methyl sites for hydroxylation is 1. The van der Waals surface area contributed by atoms with Gasteiger partial charge >= 0.3 is 0 Å². The Morgan fingerprint density at radius 3 is 2.57 bits per heavy atom. The van der Waals surface area contributed by atoms with E-state index in [0.29, 0.717) is 6.54 Å². The molecule has 0 unspecified atom stereocenters. The van der Waals surface area contributed by atoms with Gasteiger partial charge in [-0.2, -0.15) is 0 Å². The molecule has 2 rings (SSSR count). The number of nitrogens with zero attached hydrogens (tertiary/aromatic N) is 2. The van der Waals surface area contributed by atoms with Crippen LogP contribution in [0.5, 0.6) is 0 Å². The maximum Gasteiger partial charge on any atom is 0.248 e. The normalized spacial score (nSPS) is 20.9. The van der Waals surface area contributed by atoms with Gasteiger partial charge in [-0.05, 0) is 19.8 Å². The fraction of sp³-hybridized carbons (Fsp3) is 0.700. The number of imidazole rings is 1. The zero-order chi connectivity index (χ0) is 10.3. The van der Waals surface area contributed by atoms with Gasteiger partial charge in [0.1, 0.15) is 0 Å². The molecule has 4 heteroatoms. The molecular formula is C10H14F2N2. The molecule has 1 aliphatic carbocycles. The average molecular weight is 200 g/mol. The minimum Gasteiger partial charge on any atom is -0.334 e. The van der Waals surface area contributed by atoms with E-state index in [2.05, 4.69) is 4.98 Å². The first-order chi connectivity index (χ1) is 6.48. The molecule has 78 valence electrons. The van der Waals surface area contributed by atoms with Crippen molar-refractivity contribution in [2.75, 3.05) is 0 Å². The average Bonchev–Trinajstić information content (AvgIpc) is 2.33. The monoisotopic (exact) mass is 200 g/mol. The van der Waals surface area contributed by atoms with Crippen molar-refractivity contribution in [2.45, 2.75) is 39.2 Å². The standard InChI is InChI=1S/C10H14F2N2/c1-7-8(2)14(6-13-7)5-9-3-10(11,12)4-9/h6,9H,3-5H2,1-2H3. The first kappa shape index (κ1) is 9.62. The first-order valence-electron chi connectivity index (χ1n) is 4.84. The van der Waals surface area contributed by atoms with Gasteiger partial charge in [0.2, 0.25) is 5.92 Å². The van der Waals surface area contributed by atoms with Crippen LogP contribution in [0.25, 0.3) is 0 Å². The quantitative estimate of drug-likeness (QED) is 0.717. The van der Waals surface area contributed by atoms with Gasteiger partial charge in [0.25, 0.3) is 0 Å². The van der Waals surface area contributed by atoms with Crippen LogP contribution >= 0.6 is 0 Å². The summed E-state index contributed by atoms with van der Waals surface area (Å²) in [4.78, 5) is 4.14. The lowest BCUT2D eigenvalue weighted by molar-refractivity contribution is -0.114. The molecule has 1 saturated carbocycles. The van der Waals surface area contributed by atoms with Crippen LogP contribution in [0, 0.1) is 19.8 Å². The molecule has 1 aromatic rings. The molecule has 0 radical (unpaired) electrons. The van der Waals surface area contributed by atoms with E-state index in [1.165, 1.54) is 0 Å². The van der Waals surface area contributed by atoms with Gasteiger partial charge in [-0.1, -0.05) is 0 Å². The Hall–Kier alpha value is -0.930. The lowest BCUT2D eigenvalue weighted by Gasteiger charge is -2.35. The smallest absolute Gasteiger partial charge is 0.248 e. The van der Waals surface area contributed by atoms with Crippen LogP contribution in [0.3, 0.4) is 0 Å². The van der Waals surface area contributed by atoms with Crippen molar-refractivity contribution in [2.24, 2.45) is 5.92 Å². The minimum absolute atomic E-state index is 0.0314. The zero-order valence-electron chi connectivity index (χ0n) is 8.43. The van der Waals surface area contributed by atoms with E-state index in [0.717, 1.165) is 11.4 Å². The molecule has 2 nitrogen and oxygen atoms in total. The fourth-order valence-corrected chi connectivity index (χ4v) is 1.92. The van der Waals surface area contributed by atoms with Crippen molar-refractivity contribution >= 4 is 0 Å². The third-order valence-electron chi connectivity index (χ3n) is 2.97. The van der Waals surface area contributed by atoms with E-state index in [1.807, 2.05) is 18.4 Å². The molecule has 0 N–H and O–H groups in total. The van der Waals surface area contributed by atoms with Crippen LogP contribution in [0.1, 0.15) is 24.2 Å². The molecule has 0 spiro atoms. The molecule has 0 aromatic carbocycles. The predicted octanol–water partition coefficient (Wildman–Crippen LogP) is 2.55. The van der Waals surface area contributed by atoms with Crippen LogP contribution in [0.4, 0.5) is 8.78 Å². The third kappa shape index (κ3) is 1.65. The minimum atomic E-state index is -2.41. The van der Waals surface area contributed by atoms with E-state index < -0.39 is 5.92 Å². The largest absolute Gasteiger partial charge is 0.334 e. The van der Waals surface area contributed by atoms with Crippen molar-refractivity contribution in [3.05, 3.63) is 17.7 Å². The summed E-state index contributed by atoms with van der Waals surface area (Å²) in [5.74, 6) is -2.29. The Morgan fingerprint density at radius 2 is 2.14 bits per heavy atom. The van der Waals surface area contributed by atoms with Gasteiger partial charge in [-0.15, -0.1) is 0 Å². The van der Waals surface area contributed by atoms with E-state index >= 15 is 0 Å². The second-order valence-electron chi connectivity index (χ2n) is 4.20. The highest BCUT2D eigenvalue weighted by Gasteiger charge is 2.45. The van der Waals surface area contributed by atoms with Crippen LogP contribution in [0.2, 0.25) is 0 Å². The molecule has 0 amide bonds. The second-order valence-corrected chi connectivity index (χ2v) is 4.20. The summed E-state index contributed by atoms with van der Waals surface area (Å²) in [6, 6.07) is 0. The third-order valence-corrected chi connectivity index (χ3v) is 2.97. The topological polar surface area (TPSA) is 17.8 Å². The van der Waals surface area contributed by atoms with E-state index in [9.17, 15) is 8.78 Å². The summed E-state index contributed by atoms with van der Waals surface area (Å²) in [6.07, 6.45) is 1.80. The van der Waals surface area contributed by atoms with Gasteiger partial charge in [0, 0.05) is 25.1 Å². The molecule has 1 aliphatic rings.